The molecule has 0 bridgehead atoms. The number of likely N-dealkylation sites (N-methyl/N-ethyl adjacent to an activating group) is 1. The molecular weight excluding hydrogens is 260 g/mol. The maximum absolute atomic E-state index is 12.6. The van der Waals surface area contributed by atoms with E-state index in [2.05, 4.69) is 13.8 Å². The van der Waals surface area contributed by atoms with Crippen LogP contribution < -0.4 is 0 Å². The van der Waals surface area contributed by atoms with Crippen LogP contribution in [0.3, 0.4) is 0 Å². The van der Waals surface area contributed by atoms with E-state index >= 15 is 0 Å². The fraction of sp³-hybridized carbons (Fsp3) is 0.857. The third-order valence-electron chi connectivity index (χ3n) is 3.59. The molecule has 0 aromatic rings. The van der Waals surface area contributed by atoms with Crippen LogP contribution in [0.4, 0.5) is 4.79 Å². The first-order valence-electron chi connectivity index (χ1n) is 7.28. The van der Waals surface area contributed by atoms with E-state index in [0.29, 0.717) is 32.2 Å². The van der Waals surface area contributed by atoms with Gasteiger partial charge in [-0.1, -0.05) is 13.8 Å². The Bertz CT molecular complexity index is 346. The molecule has 6 nitrogen and oxygen atoms in total. The SMILES string of the molecule is CCN(CC(C)C)C(=O)N(CC)C1COCC1C(=O)O. The minimum Gasteiger partial charge on any atom is -0.481 e. The molecule has 0 aliphatic carbocycles. The lowest BCUT2D eigenvalue weighted by Crippen LogP contribution is -2.52. The molecule has 20 heavy (non-hydrogen) atoms. The van der Waals surface area contributed by atoms with Crippen LogP contribution in [0.1, 0.15) is 27.7 Å². The Hall–Kier alpha value is -1.30. The van der Waals surface area contributed by atoms with Crippen molar-refractivity contribution < 1.29 is 19.4 Å². The summed E-state index contributed by atoms with van der Waals surface area (Å²) in [4.78, 5) is 27.2. The van der Waals surface area contributed by atoms with Gasteiger partial charge in [-0.3, -0.25) is 4.79 Å². The number of carboxylic acids is 1. The zero-order valence-electron chi connectivity index (χ0n) is 12.8. The molecule has 0 aromatic carbocycles. The molecule has 0 spiro atoms. The summed E-state index contributed by atoms with van der Waals surface area (Å²) in [6.07, 6.45) is 0. The van der Waals surface area contributed by atoms with Crippen LogP contribution >= 0.6 is 0 Å². The molecule has 2 atom stereocenters. The average molecular weight is 286 g/mol. The minimum atomic E-state index is -0.898. The first-order chi connectivity index (χ1) is 9.42. The van der Waals surface area contributed by atoms with Gasteiger partial charge in [-0.05, 0) is 19.8 Å². The number of amides is 2. The Morgan fingerprint density at radius 1 is 1.25 bits per heavy atom. The van der Waals surface area contributed by atoms with E-state index in [-0.39, 0.29) is 18.7 Å². The number of carbonyl (C=O) groups excluding carboxylic acids is 1. The van der Waals surface area contributed by atoms with Gasteiger partial charge in [-0.25, -0.2) is 4.79 Å². The summed E-state index contributed by atoms with van der Waals surface area (Å²) in [5, 5.41) is 9.22. The Balaban J connectivity index is 2.82. The predicted molar refractivity (Wildman–Crippen MR) is 75.6 cm³/mol. The molecule has 1 fully saturated rings. The quantitative estimate of drug-likeness (QED) is 0.803. The van der Waals surface area contributed by atoms with Gasteiger partial charge < -0.3 is 19.6 Å². The van der Waals surface area contributed by atoms with Crippen LogP contribution in [-0.2, 0) is 9.53 Å². The number of carboxylic acid groups (broad SMARTS) is 1. The van der Waals surface area contributed by atoms with E-state index in [4.69, 9.17) is 4.74 Å². The van der Waals surface area contributed by atoms with E-state index in [9.17, 15) is 14.7 Å². The van der Waals surface area contributed by atoms with Crippen molar-refractivity contribution in [2.24, 2.45) is 11.8 Å². The van der Waals surface area contributed by atoms with E-state index in [1.807, 2.05) is 13.8 Å². The van der Waals surface area contributed by atoms with Crippen molar-refractivity contribution in [1.82, 2.24) is 9.80 Å². The number of carbonyl (C=O) groups is 2. The van der Waals surface area contributed by atoms with Gasteiger partial charge in [0.05, 0.1) is 19.3 Å². The minimum absolute atomic E-state index is 0.0922. The molecule has 1 rings (SSSR count). The van der Waals surface area contributed by atoms with Crippen LogP contribution in [0.2, 0.25) is 0 Å². The third kappa shape index (κ3) is 3.85. The molecular formula is C14H26N2O4. The van der Waals surface area contributed by atoms with Gasteiger partial charge in [0.15, 0.2) is 0 Å². The molecule has 0 aromatic heterocycles. The maximum Gasteiger partial charge on any atom is 0.320 e. The Kier molecular flexibility index (Phi) is 6.26. The van der Waals surface area contributed by atoms with Gasteiger partial charge >= 0.3 is 12.0 Å². The van der Waals surface area contributed by atoms with Crippen molar-refractivity contribution >= 4 is 12.0 Å². The van der Waals surface area contributed by atoms with E-state index in [1.54, 1.807) is 9.80 Å². The van der Waals surface area contributed by atoms with Crippen LogP contribution in [0.5, 0.6) is 0 Å². The molecule has 6 heteroatoms. The van der Waals surface area contributed by atoms with Gasteiger partial charge in [-0.2, -0.15) is 0 Å². The Morgan fingerprint density at radius 2 is 1.90 bits per heavy atom. The number of urea groups is 1. The van der Waals surface area contributed by atoms with Crippen LogP contribution in [0.25, 0.3) is 0 Å². The summed E-state index contributed by atoms with van der Waals surface area (Å²) in [5.74, 6) is -1.14. The average Bonchev–Trinajstić information content (AvgIpc) is 2.85. The van der Waals surface area contributed by atoms with Gasteiger partial charge in [0.2, 0.25) is 0 Å². The Labute approximate surface area is 120 Å². The zero-order valence-corrected chi connectivity index (χ0v) is 12.8. The number of nitrogens with zero attached hydrogens (tertiary/aromatic N) is 2. The van der Waals surface area contributed by atoms with Crippen molar-refractivity contribution in [2.45, 2.75) is 33.7 Å². The lowest BCUT2D eigenvalue weighted by Gasteiger charge is -2.35. The summed E-state index contributed by atoms with van der Waals surface area (Å²) in [5.41, 5.74) is 0. The number of aliphatic carboxylic acids is 1. The Morgan fingerprint density at radius 3 is 2.35 bits per heavy atom. The fourth-order valence-corrected chi connectivity index (χ4v) is 2.56. The molecule has 116 valence electrons. The standard InChI is InChI=1S/C14H26N2O4/c1-5-15(7-10(3)4)14(19)16(6-2)12-9-20-8-11(12)13(17)18/h10-12H,5-9H2,1-4H3,(H,17,18). The topological polar surface area (TPSA) is 70.1 Å². The van der Waals surface area contributed by atoms with Crippen LogP contribution in [0, 0.1) is 11.8 Å². The second-order valence-electron chi connectivity index (χ2n) is 5.55. The molecule has 1 N–H and O–H groups in total. The number of rotatable bonds is 6. The second-order valence-corrected chi connectivity index (χ2v) is 5.55. The predicted octanol–water partition coefficient (Wildman–Crippen LogP) is 1.51. The maximum atomic E-state index is 12.6. The first kappa shape index (κ1) is 16.8. The van der Waals surface area contributed by atoms with E-state index in [0.717, 1.165) is 0 Å². The number of ether oxygens (including phenoxy) is 1. The summed E-state index contributed by atoms with van der Waals surface area (Å²) < 4.78 is 5.27. The summed E-state index contributed by atoms with van der Waals surface area (Å²) >= 11 is 0. The van der Waals surface area contributed by atoms with Gasteiger partial charge in [0.25, 0.3) is 0 Å². The zero-order chi connectivity index (χ0) is 15.3. The monoisotopic (exact) mass is 286 g/mol. The molecule has 1 saturated heterocycles. The lowest BCUT2D eigenvalue weighted by atomic mass is 10.0. The van der Waals surface area contributed by atoms with Crippen molar-refractivity contribution in [3.63, 3.8) is 0 Å². The molecule has 2 amide bonds. The molecule has 0 radical (unpaired) electrons. The van der Waals surface area contributed by atoms with Gasteiger partial charge in [0.1, 0.15) is 5.92 Å². The molecule has 2 unspecified atom stereocenters. The normalized spacial score (nSPS) is 22.1. The number of hydrogen-bond donors (Lipinski definition) is 1. The van der Waals surface area contributed by atoms with Crippen molar-refractivity contribution in [3.05, 3.63) is 0 Å². The summed E-state index contributed by atoms with van der Waals surface area (Å²) in [6, 6.07) is -0.461. The van der Waals surface area contributed by atoms with Gasteiger partial charge in [0, 0.05) is 19.6 Å². The van der Waals surface area contributed by atoms with E-state index in [1.165, 1.54) is 0 Å². The van der Waals surface area contributed by atoms with Crippen molar-refractivity contribution in [1.29, 1.82) is 0 Å². The van der Waals surface area contributed by atoms with Crippen molar-refractivity contribution in [3.8, 4) is 0 Å². The molecule has 1 heterocycles. The highest BCUT2D eigenvalue weighted by Gasteiger charge is 2.40. The first-order valence-corrected chi connectivity index (χ1v) is 7.28. The lowest BCUT2D eigenvalue weighted by molar-refractivity contribution is -0.142. The molecule has 1 aliphatic heterocycles. The highest BCUT2D eigenvalue weighted by molar-refractivity contribution is 5.77. The van der Waals surface area contributed by atoms with E-state index < -0.39 is 11.9 Å². The third-order valence-corrected chi connectivity index (χ3v) is 3.59. The van der Waals surface area contributed by atoms with Crippen molar-refractivity contribution in [2.75, 3.05) is 32.8 Å². The summed E-state index contributed by atoms with van der Waals surface area (Å²) in [7, 11) is 0. The second kappa shape index (κ2) is 7.47. The highest BCUT2D eigenvalue weighted by Crippen LogP contribution is 2.21. The van der Waals surface area contributed by atoms with Crippen LogP contribution in [-0.4, -0.2) is 65.8 Å². The number of hydrogen-bond acceptors (Lipinski definition) is 3. The van der Waals surface area contributed by atoms with Crippen LogP contribution in [0.15, 0.2) is 0 Å². The largest absolute Gasteiger partial charge is 0.481 e. The summed E-state index contributed by atoms with van der Waals surface area (Å²) in [6.45, 7) is 10.2. The highest BCUT2D eigenvalue weighted by atomic mass is 16.5. The molecule has 1 aliphatic rings. The fourth-order valence-electron chi connectivity index (χ4n) is 2.56. The smallest absolute Gasteiger partial charge is 0.320 e. The molecule has 0 saturated carbocycles. The van der Waals surface area contributed by atoms with Gasteiger partial charge in [-0.15, -0.1) is 0 Å².